The number of benzene rings is 1. The molecule has 5 atom stereocenters. The third kappa shape index (κ3) is 4.68. The van der Waals surface area contributed by atoms with Crippen LogP contribution in [-0.4, -0.2) is 18.5 Å². The standard InChI is InChI=1S/C21H32O2/c1-7-15(2)19-16(3)18(22-20(23-19)21(4,5)6)14-13-17-11-9-8-10-12-17/h7-12,15-16,18-20H,1,13-14H2,2-6H3/t15-,16+,18-,19-,20-/m0/s1. The first kappa shape index (κ1) is 18.2. The average Bonchev–Trinajstić information content (AvgIpc) is 2.53. The van der Waals surface area contributed by atoms with Gasteiger partial charge in [0.25, 0.3) is 0 Å². The zero-order valence-electron chi connectivity index (χ0n) is 15.3. The molecule has 1 heterocycles. The molecule has 0 amide bonds. The molecule has 1 aromatic carbocycles. The molecule has 0 unspecified atom stereocenters. The topological polar surface area (TPSA) is 18.5 Å². The van der Waals surface area contributed by atoms with Crippen molar-refractivity contribution in [1.29, 1.82) is 0 Å². The van der Waals surface area contributed by atoms with Crippen LogP contribution in [0.25, 0.3) is 0 Å². The fourth-order valence-corrected chi connectivity index (χ4v) is 3.22. The first-order valence-corrected chi connectivity index (χ1v) is 8.80. The van der Waals surface area contributed by atoms with Crippen LogP contribution >= 0.6 is 0 Å². The summed E-state index contributed by atoms with van der Waals surface area (Å²) in [7, 11) is 0. The van der Waals surface area contributed by atoms with Crippen LogP contribution in [0.4, 0.5) is 0 Å². The Morgan fingerprint density at radius 1 is 1.17 bits per heavy atom. The van der Waals surface area contributed by atoms with Crippen molar-refractivity contribution in [2.45, 2.75) is 66.0 Å². The van der Waals surface area contributed by atoms with Crippen LogP contribution in [0.5, 0.6) is 0 Å². The zero-order chi connectivity index (χ0) is 17.0. The second-order valence-corrected chi connectivity index (χ2v) is 7.95. The second kappa shape index (κ2) is 7.63. The summed E-state index contributed by atoms with van der Waals surface area (Å²) in [5.41, 5.74) is 1.35. The van der Waals surface area contributed by atoms with Crippen LogP contribution in [0.3, 0.4) is 0 Å². The Bertz CT molecular complexity index is 488. The highest BCUT2D eigenvalue weighted by molar-refractivity contribution is 5.14. The largest absolute Gasteiger partial charge is 0.348 e. The molecular weight excluding hydrogens is 284 g/mol. The molecule has 0 radical (unpaired) electrons. The molecule has 0 aliphatic carbocycles. The van der Waals surface area contributed by atoms with Crippen molar-refractivity contribution in [3.63, 3.8) is 0 Å². The third-order valence-electron chi connectivity index (χ3n) is 4.84. The van der Waals surface area contributed by atoms with E-state index in [9.17, 15) is 0 Å². The van der Waals surface area contributed by atoms with Crippen LogP contribution in [0.2, 0.25) is 0 Å². The molecule has 1 aliphatic heterocycles. The van der Waals surface area contributed by atoms with Gasteiger partial charge in [-0.3, -0.25) is 0 Å². The maximum absolute atomic E-state index is 6.35. The van der Waals surface area contributed by atoms with Crippen molar-refractivity contribution in [3.05, 3.63) is 48.6 Å². The van der Waals surface area contributed by atoms with E-state index in [-0.39, 0.29) is 23.9 Å². The molecule has 0 bridgehead atoms. The van der Waals surface area contributed by atoms with E-state index in [4.69, 9.17) is 9.47 Å². The number of rotatable bonds is 5. The van der Waals surface area contributed by atoms with E-state index in [1.807, 2.05) is 6.08 Å². The van der Waals surface area contributed by atoms with Crippen molar-refractivity contribution in [2.24, 2.45) is 17.3 Å². The molecule has 2 nitrogen and oxygen atoms in total. The Morgan fingerprint density at radius 3 is 2.39 bits per heavy atom. The van der Waals surface area contributed by atoms with Gasteiger partial charge in [0, 0.05) is 17.3 Å². The van der Waals surface area contributed by atoms with E-state index < -0.39 is 0 Å². The van der Waals surface area contributed by atoms with Crippen molar-refractivity contribution in [1.82, 2.24) is 0 Å². The van der Waals surface area contributed by atoms with Crippen molar-refractivity contribution in [2.75, 3.05) is 0 Å². The fraction of sp³-hybridized carbons (Fsp3) is 0.619. The first-order chi connectivity index (χ1) is 10.8. The summed E-state index contributed by atoms with van der Waals surface area (Å²) in [6.07, 6.45) is 4.31. The maximum Gasteiger partial charge on any atom is 0.163 e. The Balaban J connectivity index is 2.10. The number of hydrogen-bond donors (Lipinski definition) is 0. The number of hydrogen-bond acceptors (Lipinski definition) is 2. The van der Waals surface area contributed by atoms with Crippen LogP contribution in [0, 0.1) is 17.3 Å². The molecule has 23 heavy (non-hydrogen) atoms. The average molecular weight is 316 g/mol. The summed E-state index contributed by atoms with van der Waals surface area (Å²) in [4.78, 5) is 0. The summed E-state index contributed by atoms with van der Waals surface area (Å²) >= 11 is 0. The normalized spacial score (nSPS) is 30.0. The smallest absolute Gasteiger partial charge is 0.163 e. The van der Waals surface area contributed by atoms with Gasteiger partial charge in [-0.05, 0) is 18.4 Å². The van der Waals surface area contributed by atoms with Crippen molar-refractivity contribution < 1.29 is 9.47 Å². The van der Waals surface area contributed by atoms with Gasteiger partial charge >= 0.3 is 0 Å². The molecule has 1 aromatic rings. The predicted octanol–water partition coefficient (Wildman–Crippen LogP) is 5.23. The van der Waals surface area contributed by atoms with E-state index in [0.717, 1.165) is 12.8 Å². The van der Waals surface area contributed by atoms with Gasteiger partial charge in [0.15, 0.2) is 6.29 Å². The van der Waals surface area contributed by atoms with Gasteiger partial charge < -0.3 is 9.47 Å². The molecule has 0 spiro atoms. The lowest BCUT2D eigenvalue weighted by atomic mass is 9.84. The Labute approximate surface area is 141 Å². The van der Waals surface area contributed by atoms with Crippen LogP contribution in [-0.2, 0) is 15.9 Å². The highest BCUT2D eigenvalue weighted by Crippen LogP contribution is 2.37. The van der Waals surface area contributed by atoms with E-state index in [1.54, 1.807) is 0 Å². The Morgan fingerprint density at radius 2 is 1.83 bits per heavy atom. The molecule has 0 aromatic heterocycles. The van der Waals surface area contributed by atoms with E-state index in [2.05, 4.69) is 71.5 Å². The molecule has 1 saturated heterocycles. The van der Waals surface area contributed by atoms with Crippen LogP contribution < -0.4 is 0 Å². The monoisotopic (exact) mass is 316 g/mol. The minimum Gasteiger partial charge on any atom is -0.348 e. The number of aryl methyl sites for hydroxylation is 1. The molecule has 2 heteroatoms. The predicted molar refractivity (Wildman–Crippen MR) is 96.3 cm³/mol. The quantitative estimate of drug-likeness (QED) is 0.692. The SMILES string of the molecule is C=C[C@H](C)[C@@H]1O[C@@H](C(C)(C)C)O[C@@H](CCc2ccccc2)[C@H]1C. The lowest BCUT2D eigenvalue weighted by molar-refractivity contribution is -0.305. The van der Waals surface area contributed by atoms with Gasteiger partial charge in [0.05, 0.1) is 12.2 Å². The summed E-state index contributed by atoms with van der Waals surface area (Å²) in [6, 6.07) is 10.6. The van der Waals surface area contributed by atoms with Gasteiger partial charge in [0.1, 0.15) is 0 Å². The maximum atomic E-state index is 6.35. The van der Waals surface area contributed by atoms with Gasteiger partial charge in [-0.1, -0.05) is 71.0 Å². The van der Waals surface area contributed by atoms with Gasteiger partial charge in [-0.25, -0.2) is 0 Å². The lowest BCUT2D eigenvalue weighted by Gasteiger charge is -2.46. The van der Waals surface area contributed by atoms with E-state index in [0.29, 0.717) is 11.8 Å². The van der Waals surface area contributed by atoms with Gasteiger partial charge in [-0.15, -0.1) is 6.58 Å². The van der Waals surface area contributed by atoms with Crippen molar-refractivity contribution >= 4 is 0 Å². The zero-order valence-corrected chi connectivity index (χ0v) is 15.3. The molecular formula is C21H32O2. The minimum absolute atomic E-state index is 0.0235. The molecule has 1 aliphatic rings. The summed E-state index contributed by atoms with van der Waals surface area (Å²) < 4.78 is 12.7. The van der Waals surface area contributed by atoms with E-state index >= 15 is 0 Å². The molecule has 0 saturated carbocycles. The Hall–Kier alpha value is -1.12. The second-order valence-electron chi connectivity index (χ2n) is 7.95. The van der Waals surface area contributed by atoms with Crippen LogP contribution in [0.1, 0.15) is 46.6 Å². The highest BCUT2D eigenvalue weighted by atomic mass is 16.7. The number of ether oxygens (including phenoxy) is 2. The van der Waals surface area contributed by atoms with E-state index in [1.165, 1.54) is 5.56 Å². The summed E-state index contributed by atoms with van der Waals surface area (Å²) in [5.74, 6) is 0.697. The summed E-state index contributed by atoms with van der Waals surface area (Å²) in [6.45, 7) is 14.9. The Kier molecular flexibility index (Phi) is 6.05. The van der Waals surface area contributed by atoms with Gasteiger partial charge in [0.2, 0.25) is 0 Å². The fourth-order valence-electron chi connectivity index (χ4n) is 3.22. The third-order valence-corrected chi connectivity index (χ3v) is 4.84. The van der Waals surface area contributed by atoms with Gasteiger partial charge in [-0.2, -0.15) is 0 Å². The lowest BCUT2D eigenvalue weighted by Crippen LogP contribution is -2.51. The molecule has 2 rings (SSSR count). The minimum atomic E-state index is -0.160. The highest BCUT2D eigenvalue weighted by Gasteiger charge is 2.42. The molecule has 1 fully saturated rings. The first-order valence-electron chi connectivity index (χ1n) is 8.80. The van der Waals surface area contributed by atoms with Crippen molar-refractivity contribution in [3.8, 4) is 0 Å². The summed E-state index contributed by atoms with van der Waals surface area (Å²) in [5, 5.41) is 0. The molecule has 128 valence electrons. The van der Waals surface area contributed by atoms with Crippen LogP contribution in [0.15, 0.2) is 43.0 Å². The molecule has 0 N–H and O–H groups in total.